The second-order valence-corrected chi connectivity index (χ2v) is 6.12. The predicted molar refractivity (Wildman–Crippen MR) is 77.0 cm³/mol. The van der Waals surface area contributed by atoms with E-state index in [4.69, 9.17) is 5.10 Å². The van der Waals surface area contributed by atoms with Gasteiger partial charge in [-0.05, 0) is 38.2 Å². The van der Waals surface area contributed by atoms with Gasteiger partial charge in [0, 0.05) is 44.5 Å². The molecule has 0 aromatic carbocycles. The van der Waals surface area contributed by atoms with Crippen molar-refractivity contribution >= 4 is 0 Å². The molecule has 4 nitrogen and oxygen atoms in total. The van der Waals surface area contributed by atoms with Crippen molar-refractivity contribution in [3.05, 3.63) is 18.0 Å². The Labute approximate surface area is 116 Å². The molecule has 2 unspecified atom stereocenters. The summed E-state index contributed by atoms with van der Waals surface area (Å²) < 4.78 is 2.11. The molecule has 0 bridgehead atoms. The zero-order valence-corrected chi connectivity index (χ0v) is 12.2. The summed E-state index contributed by atoms with van der Waals surface area (Å²) in [6.07, 6.45) is 6.12. The Balaban J connectivity index is 1.64. The molecule has 2 fully saturated rings. The monoisotopic (exact) mass is 262 g/mol. The summed E-state index contributed by atoms with van der Waals surface area (Å²) in [5.41, 5.74) is 1.23. The molecule has 1 saturated heterocycles. The molecule has 0 radical (unpaired) electrons. The minimum Gasteiger partial charge on any atom is -0.314 e. The first-order valence-corrected chi connectivity index (χ1v) is 7.76. The average Bonchev–Trinajstić information content (AvgIpc) is 3.18. The third kappa shape index (κ3) is 3.00. The third-order valence-corrected chi connectivity index (χ3v) is 4.64. The summed E-state index contributed by atoms with van der Waals surface area (Å²) in [7, 11) is 0. The van der Waals surface area contributed by atoms with Gasteiger partial charge in [-0.15, -0.1) is 0 Å². The molecule has 2 aliphatic rings. The zero-order chi connectivity index (χ0) is 13.2. The van der Waals surface area contributed by atoms with Crippen LogP contribution in [0.4, 0.5) is 0 Å². The largest absolute Gasteiger partial charge is 0.314 e. The molecule has 1 aromatic heterocycles. The summed E-state index contributed by atoms with van der Waals surface area (Å²) in [5.74, 6) is 0.935. The molecule has 0 amide bonds. The minimum absolute atomic E-state index is 0.510. The predicted octanol–water partition coefficient (Wildman–Crippen LogP) is 2.04. The number of aromatic nitrogens is 2. The fourth-order valence-corrected chi connectivity index (χ4v) is 3.01. The van der Waals surface area contributed by atoms with Crippen molar-refractivity contribution in [3.8, 4) is 0 Å². The van der Waals surface area contributed by atoms with Crippen molar-refractivity contribution in [1.82, 2.24) is 20.0 Å². The maximum atomic E-state index is 4.74. The van der Waals surface area contributed by atoms with E-state index in [1.165, 1.54) is 18.5 Å². The molecule has 1 saturated carbocycles. The van der Waals surface area contributed by atoms with Crippen LogP contribution in [0, 0.1) is 5.92 Å². The van der Waals surface area contributed by atoms with E-state index in [2.05, 4.69) is 41.0 Å². The number of rotatable bonds is 5. The number of hydrogen-bond donors (Lipinski definition) is 1. The smallest absolute Gasteiger partial charge is 0.0765 e. The van der Waals surface area contributed by atoms with E-state index in [1.54, 1.807) is 0 Å². The minimum atomic E-state index is 0.510. The maximum absolute atomic E-state index is 4.74. The van der Waals surface area contributed by atoms with Gasteiger partial charge in [0.25, 0.3) is 0 Å². The zero-order valence-electron chi connectivity index (χ0n) is 12.2. The van der Waals surface area contributed by atoms with Crippen LogP contribution in [0.5, 0.6) is 0 Å². The van der Waals surface area contributed by atoms with Crippen molar-refractivity contribution in [2.75, 3.05) is 19.6 Å². The van der Waals surface area contributed by atoms with Gasteiger partial charge in [-0.1, -0.05) is 6.92 Å². The Bertz CT molecular complexity index is 410. The van der Waals surface area contributed by atoms with Gasteiger partial charge in [-0.3, -0.25) is 9.58 Å². The lowest BCUT2D eigenvalue weighted by atomic mass is 10.1. The molecular weight excluding hydrogens is 236 g/mol. The van der Waals surface area contributed by atoms with Crippen LogP contribution in [0.1, 0.15) is 44.8 Å². The van der Waals surface area contributed by atoms with Gasteiger partial charge < -0.3 is 5.32 Å². The first kappa shape index (κ1) is 13.1. The molecule has 3 rings (SSSR count). The van der Waals surface area contributed by atoms with Crippen LogP contribution in [0.15, 0.2) is 12.3 Å². The summed E-state index contributed by atoms with van der Waals surface area (Å²) in [4.78, 5) is 2.64. The highest BCUT2D eigenvalue weighted by atomic mass is 15.3. The van der Waals surface area contributed by atoms with E-state index in [1.807, 2.05) is 0 Å². The Morgan fingerprint density at radius 1 is 1.47 bits per heavy atom. The number of nitrogens with zero attached hydrogens (tertiary/aromatic N) is 3. The molecule has 1 N–H and O–H groups in total. The first-order valence-electron chi connectivity index (χ1n) is 7.76. The molecule has 19 heavy (non-hydrogen) atoms. The number of piperazine rings is 1. The lowest BCUT2D eigenvalue weighted by Crippen LogP contribution is -2.51. The molecule has 1 aliphatic heterocycles. The van der Waals surface area contributed by atoms with E-state index < -0.39 is 0 Å². The van der Waals surface area contributed by atoms with Gasteiger partial charge in [-0.25, -0.2) is 0 Å². The van der Waals surface area contributed by atoms with Crippen molar-refractivity contribution in [3.63, 3.8) is 0 Å². The summed E-state index contributed by atoms with van der Waals surface area (Å²) in [6, 6.07) is 3.44. The molecule has 4 heteroatoms. The molecular formula is C15H26N4. The van der Waals surface area contributed by atoms with Gasteiger partial charge in [0.2, 0.25) is 0 Å². The van der Waals surface area contributed by atoms with Crippen LogP contribution in [-0.2, 0) is 6.54 Å². The fraction of sp³-hybridized carbons (Fsp3) is 0.800. The maximum Gasteiger partial charge on any atom is 0.0765 e. The second kappa shape index (κ2) is 5.63. The number of hydrogen-bond acceptors (Lipinski definition) is 3. The lowest BCUT2D eigenvalue weighted by molar-refractivity contribution is 0.133. The highest BCUT2D eigenvalue weighted by Gasteiger charge is 2.36. The van der Waals surface area contributed by atoms with Crippen LogP contribution in [0.25, 0.3) is 0 Å². The standard InChI is InChI=1S/C15H26N4/c1-3-12(2)19-8-6-14(17-19)11-18-9-7-16-10-15(18)13-4-5-13/h6,8,12-13,15-16H,3-5,7,9-11H2,1-2H3. The van der Waals surface area contributed by atoms with Gasteiger partial charge in [0.15, 0.2) is 0 Å². The summed E-state index contributed by atoms with van der Waals surface area (Å²) in [6.45, 7) is 8.91. The van der Waals surface area contributed by atoms with Crippen molar-refractivity contribution < 1.29 is 0 Å². The quantitative estimate of drug-likeness (QED) is 0.881. The highest BCUT2D eigenvalue weighted by Crippen LogP contribution is 2.36. The van der Waals surface area contributed by atoms with E-state index >= 15 is 0 Å². The first-order chi connectivity index (χ1) is 9.28. The van der Waals surface area contributed by atoms with E-state index in [0.29, 0.717) is 6.04 Å². The van der Waals surface area contributed by atoms with E-state index in [-0.39, 0.29) is 0 Å². The van der Waals surface area contributed by atoms with Gasteiger partial charge >= 0.3 is 0 Å². The Morgan fingerprint density at radius 3 is 3.05 bits per heavy atom. The average molecular weight is 262 g/mol. The van der Waals surface area contributed by atoms with Crippen LogP contribution >= 0.6 is 0 Å². The fourth-order valence-electron chi connectivity index (χ4n) is 3.01. The third-order valence-electron chi connectivity index (χ3n) is 4.64. The van der Waals surface area contributed by atoms with Crippen LogP contribution in [0.2, 0.25) is 0 Å². The molecule has 1 aromatic rings. The molecule has 0 spiro atoms. The van der Waals surface area contributed by atoms with Crippen molar-refractivity contribution in [2.24, 2.45) is 5.92 Å². The van der Waals surface area contributed by atoms with Crippen LogP contribution < -0.4 is 5.32 Å². The van der Waals surface area contributed by atoms with Crippen LogP contribution in [0.3, 0.4) is 0 Å². The molecule has 106 valence electrons. The van der Waals surface area contributed by atoms with Crippen molar-refractivity contribution in [2.45, 2.75) is 51.7 Å². The van der Waals surface area contributed by atoms with Gasteiger partial charge in [0.05, 0.1) is 5.69 Å². The van der Waals surface area contributed by atoms with Gasteiger partial charge in [0.1, 0.15) is 0 Å². The molecule has 2 heterocycles. The lowest BCUT2D eigenvalue weighted by Gasteiger charge is -2.36. The molecule has 2 atom stereocenters. The molecule has 1 aliphatic carbocycles. The van der Waals surface area contributed by atoms with Crippen molar-refractivity contribution in [1.29, 1.82) is 0 Å². The Kier molecular flexibility index (Phi) is 3.89. The summed E-state index contributed by atoms with van der Waals surface area (Å²) in [5, 5.41) is 8.28. The Hall–Kier alpha value is -0.870. The Morgan fingerprint density at radius 2 is 2.32 bits per heavy atom. The normalized spacial score (nSPS) is 26.5. The topological polar surface area (TPSA) is 33.1 Å². The number of nitrogens with one attached hydrogen (secondary N) is 1. The highest BCUT2D eigenvalue weighted by molar-refractivity contribution is 5.02. The second-order valence-electron chi connectivity index (χ2n) is 6.12. The summed E-state index contributed by atoms with van der Waals surface area (Å²) >= 11 is 0. The van der Waals surface area contributed by atoms with Gasteiger partial charge in [-0.2, -0.15) is 5.10 Å². The van der Waals surface area contributed by atoms with E-state index in [0.717, 1.165) is 44.6 Å². The van der Waals surface area contributed by atoms with E-state index in [9.17, 15) is 0 Å². The SMILES string of the molecule is CCC(C)n1ccc(CN2CCNCC2C2CC2)n1. The van der Waals surface area contributed by atoms with Crippen LogP contribution in [-0.4, -0.2) is 40.4 Å².